The SMILES string of the molecule is C=CCOC(=O)N1CCCCC1C=C(C)C(=O)C[C@H]1NC(=O)[C@@H]1[C@@H](C)O[Si](C)(C)C(C)(C)C. The van der Waals surface area contributed by atoms with E-state index in [1.54, 1.807) is 17.9 Å². The second kappa shape index (κ2) is 11.0. The molecule has 2 heterocycles. The van der Waals surface area contributed by atoms with Gasteiger partial charge >= 0.3 is 6.09 Å². The molecule has 2 rings (SSSR count). The van der Waals surface area contributed by atoms with E-state index in [2.05, 4.69) is 45.8 Å². The molecule has 1 unspecified atom stereocenters. The number of carbonyl (C=O) groups excluding carboxylic acids is 3. The van der Waals surface area contributed by atoms with Crippen LogP contribution in [-0.2, 0) is 18.8 Å². The number of nitrogens with zero attached hydrogens (tertiary/aromatic N) is 1. The summed E-state index contributed by atoms with van der Waals surface area (Å²) in [6.07, 6.45) is 5.75. The van der Waals surface area contributed by atoms with Crippen molar-refractivity contribution in [1.29, 1.82) is 0 Å². The molecule has 2 aliphatic heterocycles. The number of carbonyl (C=O) groups is 3. The second-order valence-corrected chi connectivity index (χ2v) is 15.6. The summed E-state index contributed by atoms with van der Waals surface area (Å²) in [6.45, 7) is 18.9. The molecule has 2 aliphatic rings. The quantitative estimate of drug-likeness (QED) is 0.227. The van der Waals surface area contributed by atoms with Crippen molar-refractivity contribution >= 4 is 26.1 Å². The molecule has 0 aromatic carbocycles. The summed E-state index contributed by atoms with van der Waals surface area (Å²) >= 11 is 0. The fourth-order valence-electron chi connectivity index (χ4n) is 4.20. The van der Waals surface area contributed by atoms with E-state index in [1.165, 1.54) is 0 Å². The van der Waals surface area contributed by atoms with Crippen LogP contribution < -0.4 is 5.32 Å². The lowest BCUT2D eigenvalue weighted by Crippen LogP contribution is -2.64. The van der Waals surface area contributed by atoms with Gasteiger partial charge in [0.2, 0.25) is 5.91 Å². The third-order valence-corrected chi connectivity index (χ3v) is 11.8. The highest BCUT2D eigenvalue weighted by Gasteiger charge is 2.47. The van der Waals surface area contributed by atoms with Crippen LogP contribution in [0.3, 0.4) is 0 Å². The van der Waals surface area contributed by atoms with E-state index in [-0.39, 0.29) is 60.0 Å². The number of piperidine rings is 1. The van der Waals surface area contributed by atoms with Crippen molar-refractivity contribution in [2.75, 3.05) is 13.2 Å². The zero-order chi connectivity index (χ0) is 25.0. The molecule has 33 heavy (non-hydrogen) atoms. The Kier molecular flexibility index (Phi) is 9.10. The van der Waals surface area contributed by atoms with Crippen molar-refractivity contribution in [3.63, 3.8) is 0 Å². The first kappa shape index (κ1) is 27.3. The molecule has 8 heteroatoms. The Morgan fingerprint density at radius 3 is 2.55 bits per heavy atom. The number of hydrogen-bond acceptors (Lipinski definition) is 5. The number of ether oxygens (including phenoxy) is 1. The predicted octanol–water partition coefficient (Wildman–Crippen LogP) is 4.59. The summed E-state index contributed by atoms with van der Waals surface area (Å²) in [5.41, 5.74) is 0.612. The van der Waals surface area contributed by atoms with Gasteiger partial charge in [0.15, 0.2) is 14.1 Å². The van der Waals surface area contributed by atoms with E-state index in [4.69, 9.17) is 9.16 Å². The third kappa shape index (κ3) is 6.79. The summed E-state index contributed by atoms with van der Waals surface area (Å²) in [7, 11) is -2.02. The highest BCUT2D eigenvalue weighted by atomic mass is 28.4. The molecule has 0 aliphatic carbocycles. The first-order valence-corrected chi connectivity index (χ1v) is 14.9. The fraction of sp³-hybridized carbons (Fsp3) is 0.720. The Labute approximate surface area is 200 Å². The van der Waals surface area contributed by atoms with Crippen molar-refractivity contribution in [2.45, 2.75) is 96.6 Å². The topological polar surface area (TPSA) is 84.9 Å². The highest BCUT2D eigenvalue weighted by molar-refractivity contribution is 6.74. The van der Waals surface area contributed by atoms with Crippen LogP contribution in [0.5, 0.6) is 0 Å². The number of Topliss-reactive ketones (excluding diaryl/α,β-unsaturated/α-hetero) is 1. The molecule has 2 saturated heterocycles. The Hall–Kier alpha value is -1.93. The monoisotopic (exact) mass is 478 g/mol. The van der Waals surface area contributed by atoms with E-state index >= 15 is 0 Å². The Balaban J connectivity index is 2.02. The van der Waals surface area contributed by atoms with Crippen LogP contribution in [0.2, 0.25) is 18.1 Å². The van der Waals surface area contributed by atoms with E-state index in [0.717, 1.165) is 19.3 Å². The van der Waals surface area contributed by atoms with Crippen LogP contribution >= 0.6 is 0 Å². The van der Waals surface area contributed by atoms with Crippen LogP contribution in [-0.4, -0.2) is 62.3 Å². The van der Waals surface area contributed by atoms with Crippen molar-refractivity contribution in [2.24, 2.45) is 5.92 Å². The molecule has 0 saturated carbocycles. The normalized spacial score (nSPS) is 25.1. The van der Waals surface area contributed by atoms with Gasteiger partial charge < -0.3 is 19.4 Å². The van der Waals surface area contributed by atoms with Gasteiger partial charge in [0, 0.05) is 13.0 Å². The van der Waals surface area contributed by atoms with Gasteiger partial charge in [-0.25, -0.2) is 4.79 Å². The Bertz CT molecular complexity index is 786. The minimum absolute atomic E-state index is 0.0190. The molecule has 0 aromatic rings. The highest BCUT2D eigenvalue weighted by Crippen LogP contribution is 2.39. The molecule has 0 bridgehead atoms. The number of rotatable bonds is 9. The van der Waals surface area contributed by atoms with Gasteiger partial charge in [-0.3, -0.25) is 9.59 Å². The van der Waals surface area contributed by atoms with Gasteiger partial charge in [-0.1, -0.05) is 39.5 Å². The molecule has 2 fully saturated rings. The molecule has 2 amide bonds. The van der Waals surface area contributed by atoms with E-state index in [0.29, 0.717) is 12.1 Å². The predicted molar refractivity (Wildman–Crippen MR) is 132 cm³/mol. The molecule has 0 spiro atoms. The Morgan fingerprint density at radius 1 is 1.30 bits per heavy atom. The van der Waals surface area contributed by atoms with Gasteiger partial charge in [-0.15, -0.1) is 0 Å². The van der Waals surface area contributed by atoms with Crippen molar-refractivity contribution in [3.05, 3.63) is 24.3 Å². The zero-order valence-corrected chi connectivity index (χ0v) is 22.4. The first-order valence-electron chi connectivity index (χ1n) is 12.0. The fourth-order valence-corrected chi connectivity index (χ4v) is 5.63. The average Bonchev–Trinajstić information content (AvgIpc) is 2.70. The van der Waals surface area contributed by atoms with Crippen LogP contribution in [0.15, 0.2) is 24.3 Å². The van der Waals surface area contributed by atoms with Crippen LogP contribution in [0, 0.1) is 5.92 Å². The molecular weight excluding hydrogens is 436 g/mol. The molecular formula is C25H42N2O5Si. The summed E-state index contributed by atoms with van der Waals surface area (Å²) in [5.74, 6) is -0.394. The summed E-state index contributed by atoms with van der Waals surface area (Å²) in [5, 5.41) is 2.94. The lowest BCUT2D eigenvalue weighted by molar-refractivity contribution is -0.141. The number of nitrogens with one attached hydrogen (secondary N) is 1. The zero-order valence-electron chi connectivity index (χ0n) is 21.4. The third-order valence-electron chi connectivity index (χ3n) is 7.25. The second-order valence-electron chi connectivity index (χ2n) is 10.8. The maximum absolute atomic E-state index is 13.0. The van der Waals surface area contributed by atoms with E-state index in [1.807, 2.05) is 13.0 Å². The molecule has 0 radical (unpaired) electrons. The number of ketones is 1. The average molecular weight is 479 g/mol. The van der Waals surface area contributed by atoms with Crippen molar-refractivity contribution in [1.82, 2.24) is 10.2 Å². The van der Waals surface area contributed by atoms with E-state index < -0.39 is 8.32 Å². The smallest absolute Gasteiger partial charge is 0.410 e. The number of β-lactam (4-membered cyclic amide) rings is 1. The van der Waals surface area contributed by atoms with Crippen LogP contribution in [0.25, 0.3) is 0 Å². The number of amides is 2. The summed E-state index contributed by atoms with van der Waals surface area (Å²) in [6, 6.07) is -0.388. The molecule has 1 N–H and O–H groups in total. The number of hydrogen-bond donors (Lipinski definition) is 1. The van der Waals surface area contributed by atoms with Crippen molar-refractivity contribution < 1.29 is 23.5 Å². The van der Waals surface area contributed by atoms with Gasteiger partial charge in [0.25, 0.3) is 0 Å². The molecule has 186 valence electrons. The standard InChI is InChI=1S/C25H42N2O5Si/c1-9-14-31-24(30)27-13-11-10-12-19(27)15-17(2)21(28)16-20-22(23(29)26-20)18(3)32-33(7,8)25(4,5)6/h9,15,18-20,22H,1,10-14,16H2,2-8H3,(H,26,29)/t18-,19?,20-,22-/m1/s1. The van der Waals surface area contributed by atoms with E-state index in [9.17, 15) is 14.4 Å². The van der Waals surface area contributed by atoms with Gasteiger partial charge in [-0.2, -0.15) is 0 Å². The van der Waals surface area contributed by atoms with Gasteiger partial charge in [0.05, 0.1) is 24.1 Å². The van der Waals surface area contributed by atoms with Gasteiger partial charge in [-0.05, 0) is 56.8 Å². The van der Waals surface area contributed by atoms with Gasteiger partial charge in [0.1, 0.15) is 6.61 Å². The maximum atomic E-state index is 13.0. The summed E-state index contributed by atoms with van der Waals surface area (Å²) < 4.78 is 11.6. The van der Waals surface area contributed by atoms with Crippen LogP contribution in [0.1, 0.15) is 60.3 Å². The summed E-state index contributed by atoms with van der Waals surface area (Å²) in [4.78, 5) is 39.4. The minimum Gasteiger partial charge on any atom is -0.445 e. The number of likely N-dealkylation sites (tertiary alicyclic amines) is 1. The van der Waals surface area contributed by atoms with Crippen molar-refractivity contribution in [3.8, 4) is 0 Å². The van der Waals surface area contributed by atoms with Crippen LogP contribution in [0.4, 0.5) is 4.79 Å². The lowest BCUT2D eigenvalue weighted by atomic mass is 9.82. The maximum Gasteiger partial charge on any atom is 0.410 e. The molecule has 7 nitrogen and oxygen atoms in total. The molecule has 0 aromatic heterocycles. The minimum atomic E-state index is -2.02. The Morgan fingerprint density at radius 2 is 1.97 bits per heavy atom. The largest absolute Gasteiger partial charge is 0.445 e. The number of allylic oxidation sites excluding steroid dienone is 1. The first-order chi connectivity index (χ1) is 15.3. The molecule has 4 atom stereocenters. The lowest BCUT2D eigenvalue weighted by Gasteiger charge is -2.45.